The molecule has 1 atom stereocenters. The molecule has 0 saturated heterocycles. The first-order chi connectivity index (χ1) is 10.1. The Morgan fingerprint density at radius 3 is 2.67 bits per heavy atom. The fraction of sp³-hybridized carbons (Fsp3) is 0.294. The van der Waals surface area contributed by atoms with Gasteiger partial charge in [0.25, 0.3) is 0 Å². The van der Waals surface area contributed by atoms with Gasteiger partial charge in [-0.25, -0.2) is 0 Å². The zero-order chi connectivity index (χ0) is 14.7. The molecule has 0 spiro atoms. The predicted molar refractivity (Wildman–Crippen MR) is 79.7 cm³/mol. The Kier molecular flexibility index (Phi) is 2.48. The largest absolute Gasteiger partial charge is 0.507 e. The van der Waals surface area contributed by atoms with E-state index in [9.17, 15) is 15.3 Å². The lowest BCUT2D eigenvalue weighted by Gasteiger charge is -2.40. The predicted octanol–water partition coefficient (Wildman–Crippen LogP) is 2.56. The van der Waals surface area contributed by atoms with Gasteiger partial charge in [-0.05, 0) is 48.7 Å². The van der Waals surface area contributed by atoms with Gasteiger partial charge in [0.2, 0.25) is 0 Å². The van der Waals surface area contributed by atoms with Gasteiger partial charge in [0.1, 0.15) is 5.75 Å². The van der Waals surface area contributed by atoms with E-state index in [0.29, 0.717) is 11.1 Å². The molecular weight excluding hydrogens is 266 g/mol. The Labute approximate surface area is 122 Å². The molecule has 4 nitrogen and oxygen atoms in total. The molecule has 4 rings (SSSR count). The lowest BCUT2D eigenvalue weighted by molar-refractivity contribution is 0.226. The van der Waals surface area contributed by atoms with Crippen molar-refractivity contribution in [2.75, 3.05) is 13.6 Å². The van der Waals surface area contributed by atoms with Crippen molar-refractivity contribution in [2.24, 2.45) is 0 Å². The van der Waals surface area contributed by atoms with E-state index in [1.165, 1.54) is 0 Å². The SMILES string of the molecule is CN1CCc2cc(O)c(O)c3c2[C@H]1Cc1cccc(O)c1-3. The Balaban J connectivity index is 2.12. The number of hydrogen-bond acceptors (Lipinski definition) is 4. The summed E-state index contributed by atoms with van der Waals surface area (Å²) >= 11 is 0. The minimum atomic E-state index is -0.128. The number of rotatable bonds is 0. The highest BCUT2D eigenvalue weighted by Gasteiger charge is 2.36. The number of phenolic OH excluding ortho intramolecular Hbond substituents is 3. The van der Waals surface area contributed by atoms with Crippen LogP contribution >= 0.6 is 0 Å². The van der Waals surface area contributed by atoms with Gasteiger partial charge in [0.05, 0.1) is 0 Å². The van der Waals surface area contributed by atoms with Crippen molar-refractivity contribution in [3.8, 4) is 28.4 Å². The summed E-state index contributed by atoms with van der Waals surface area (Å²) in [6.07, 6.45) is 1.65. The van der Waals surface area contributed by atoms with Gasteiger partial charge < -0.3 is 15.3 Å². The molecule has 21 heavy (non-hydrogen) atoms. The maximum Gasteiger partial charge on any atom is 0.165 e. The van der Waals surface area contributed by atoms with E-state index in [2.05, 4.69) is 11.9 Å². The molecule has 0 radical (unpaired) electrons. The van der Waals surface area contributed by atoms with E-state index in [-0.39, 0.29) is 23.3 Å². The van der Waals surface area contributed by atoms with Crippen LogP contribution in [0, 0.1) is 0 Å². The van der Waals surface area contributed by atoms with Gasteiger partial charge in [0.15, 0.2) is 11.5 Å². The second kappa shape index (κ2) is 4.15. The third-order valence-corrected chi connectivity index (χ3v) is 4.80. The minimum absolute atomic E-state index is 0.108. The molecule has 0 aromatic heterocycles. The van der Waals surface area contributed by atoms with Crippen LogP contribution in [-0.2, 0) is 12.8 Å². The van der Waals surface area contributed by atoms with Crippen LogP contribution in [0.1, 0.15) is 22.7 Å². The third-order valence-electron chi connectivity index (χ3n) is 4.80. The molecule has 1 aliphatic heterocycles. The van der Waals surface area contributed by atoms with Crippen molar-refractivity contribution < 1.29 is 15.3 Å². The molecule has 0 amide bonds. The van der Waals surface area contributed by atoms with E-state index in [1.54, 1.807) is 12.1 Å². The van der Waals surface area contributed by atoms with Crippen LogP contribution in [0.2, 0.25) is 0 Å². The third kappa shape index (κ3) is 1.59. The second-order valence-electron chi connectivity index (χ2n) is 5.95. The highest BCUT2D eigenvalue weighted by atomic mass is 16.3. The van der Waals surface area contributed by atoms with Crippen LogP contribution in [-0.4, -0.2) is 33.8 Å². The van der Waals surface area contributed by atoms with E-state index in [4.69, 9.17) is 0 Å². The second-order valence-corrected chi connectivity index (χ2v) is 5.95. The topological polar surface area (TPSA) is 63.9 Å². The molecule has 0 saturated carbocycles. The molecule has 1 aliphatic carbocycles. The van der Waals surface area contributed by atoms with Gasteiger partial charge in [-0.15, -0.1) is 0 Å². The fourth-order valence-electron chi connectivity index (χ4n) is 3.75. The van der Waals surface area contributed by atoms with E-state index >= 15 is 0 Å². The van der Waals surface area contributed by atoms with Crippen LogP contribution in [0.15, 0.2) is 24.3 Å². The number of aromatic hydroxyl groups is 3. The average molecular weight is 283 g/mol. The van der Waals surface area contributed by atoms with Crippen LogP contribution in [0.3, 0.4) is 0 Å². The quantitative estimate of drug-likeness (QED) is 0.650. The zero-order valence-corrected chi connectivity index (χ0v) is 11.8. The van der Waals surface area contributed by atoms with Crippen molar-refractivity contribution >= 4 is 0 Å². The number of benzene rings is 2. The van der Waals surface area contributed by atoms with Crippen molar-refractivity contribution in [3.63, 3.8) is 0 Å². The Bertz CT molecular complexity index is 754. The molecule has 0 bridgehead atoms. The van der Waals surface area contributed by atoms with Crippen LogP contribution in [0.4, 0.5) is 0 Å². The van der Waals surface area contributed by atoms with E-state index < -0.39 is 0 Å². The molecule has 2 aromatic rings. The molecule has 0 unspecified atom stereocenters. The summed E-state index contributed by atoms with van der Waals surface area (Å²) in [6, 6.07) is 7.28. The standard InChI is InChI=1S/C17H17NO3/c1-18-6-5-10-8-13(20)17(21)16-14(10)11(18)7-9-3-2-4-12(19)15(9)16/h2-4,8,11,19-21H,5-7H2,1H3/t11-/m1/s1. The van der Waals surface area contributed by atoms with Crippen molar-refractivity contribution in [1.82, 2.24) is 4.90 Å². The molecular formula is C17H17NO3. The van der Waals surface area contributed by atoms with Crippen LogP contribution in [0.25, 0.3) is 11.1 Å². The number of hydrogen-bond donors (Lipinski definition) is 3. The highest BCUT2D eigenvalue weighted by molar-refractivity contribution is 5.86. The van der Waals surface area contributed by atoms with Crippen molar-refractivity contribution in [1.29, 1.82) is 0 Å². The number of likely N-dealkylation sites (N-methyl/N-ethyl adjacent to an activating group) is 1. The molecule has 108 valence electrons. The van der Waals surface area contributed by atoms with Crippen LogP contribution in [0.5, 0.6) is 17.2 Å². The molecule has 2 aromatic carbocycles. The molecule has 2 aliphatic rings. The Hall–Kier alpha value is -2.20. The summed E-state index contributed by atoms with van der Waals surface area (Å²) in [7, 11) is 2.08. The Morgan fingerprint density at radius 2 is 1.86 bits per heavy atom. The molecule has 3 N–H and O–H groups in total. The number of phenols is 3. The summed E-state index contributed by atoms with van der Waals surface area (Å²) in [5.41, 5.74) is 4.38. The van der Waals surface area contributed by atoms with Gasteiger partial charge in [-0.1, -0.05) is 12.1 Å². The molecule has 0 fully saturated rings. The first-order valence-electron chi connectivity index (χ1n) is 7.17. The summed E-state index contributed by atoms with van der Waals surface area (Å²) < 4.78 is 0. The van der Waals surface area contributed by atoms with Gasteiger partial charge in [-0.2, -0.15) is 0 Å². The maximum absolute atomic E-state index is 10.4. The summed E-state index contributed by atoms with van der Waals surface area (Å²) in [5, 5.41) is 30.7. The maximum atomic E-state index is 10.4. The van der Waals surface area contributed by atoms with E-state index in [0.717, 1.165) is 36.1 Å². The first kappa shape index (κ1) is 12.5. The zero-order valence-electron chi connectivity index (χ0n) is 11.8. The fourth-order valence-corrected chi connectivity index (χ4v) is 3.75. The summed E-state index contributed by atoms with van der Waals surface area (Å²) in [5.74, 6) is -0.0815. The Morgan fingerprint density at radius 1 is 1.05 bits per heavy atom. The molecule has 1 heterocycles. The van der Waals surface area contributed by atoms with Crippen LogP contribution < -0.4 is 0 Å². The summed E-state index contributed by atoms with van der Waals surface area (Å²) in [6.45, 7) is 0.926. The average Bonchev–Trinajstić information content (AvgIpc) is 2.47. The number of fused-ring (bicyclic) bond motifs is 2. The van der Waals surface area contributed by atoms with E-state index in [1.807, 2.05) is 12.1 Å². The normalized spacial score (nSPS) is 20.0. The molecule has 4 heteroatoms. The van der Waals surface area contributed by atoms with Gasteiger partial charge in [0, 0.05) is 23.7 Å². The smallest absolute Gasteiger partial charge is 0.165 e. The lowest BCUT2D eigenvalue weighted by Crippen LogP contribution is -2.35. The van der Waals surface area contributed by atoms with Gasteiger partial charge in [-0.3, -0.25) is 4.90 Å². The van der Waals surface area contributed by atoms with Gasteiger partial charge >= 0.3 is 0 Å². The summed E-state index contributed by atoms with van der Waals surface area (Å²) in [4.78, 5) is 2.27. The highest BCUT2D eigenvalue weighted by Crippen LogP contribution is 2.53. The lowest BCUT2D eigenvalue weighted by atomic mass is 9.76. The minimum Gasteiger partial charge on any atom is -0.507 e. The first-order valence-corrected chi connectivity index (χ1v) is 7.17. The monoisotopic (exact) mass is 283 g/mol. The van der Waals surface area contributed by atoms with Crippen molar-refractivity contribution in [3.05, 3.63) is 41.0 Å². The number of nitrogens with zero attached hydrogens (tertiary/aromatic N) is 1. The van der Waals surface area contributed by atoms with Crippen molar-refractivity contribution in [2.45, 2.75) is 18.9 Å².